The number of anilines is 1. The van der Waals surface area contributed by atoms with Crippen molar-refractivity contribution in [1.82, 2.24) is 0 Å². The molecule has 0 atom stereocenters. The lowest BCUT2D eigenvalue weighted by Gasteiger charge is -2.06. The zero-order chi connectivity index (χ0) is 8.27. The van der Waals surface area contributed by atoms with Crippen LogP contribution in [0.3, 0.4) is 0 Å². The first-order valence-corrected chi connectivity index (χ1v) is 4.36. The van der Waals surface area contributed by atoms with Crippen molar-refractivity contribution in [3.05, 3.63) is 28.8 Å². The van der Waals surface area contributed by atoms with E-state index < -0.39 is 0 Å². The smallest absolute Gasteiger partial charge is 0.0581 e. The Kier molecular flexibility index (Phi) is 3.09. The fraction of sp³-hybridized carbons (Fsp3) is 0.250. The Balaban J connectivity index is 2.93. The van der Waals surface area contributed by atoms with Crippen LogP contribution >= 0.6 is 24.2 Å². The van der Waals surface area contributed by atoms with Crippen LogP contribution in [0, 0.1) is 6.92 Å². The highest BCUT2D eigenvalue weighted by atomic mass is 35.5. The summed E-state index contributed by atoms with van der Waals surface area (Å²) in [4.78, 5) is 0. The van der Waals surface area contributed by atoms with E-state index in [2.05, 4.69) is 17.9 Å². The van der Waals surface area contributed by atoms with Gasteiger partial charge in [0.15, 0.2) is 0 Å². The third kappa shape index (κ3) is 2.31. The minimum Gasteiger partial charge on any atom is -0.376 e. The summed E-state index contributed by atoms with van der Waals surface area (Å²) in [5.74, 6) is 0.626. The highest BCUT2D eigenvalue weighted by Crippen LogP contribution is 2.19. The van der Waals surface area contributed by atoms with E-state index in [0.717, 1.165) is 10.7 Å². The minimum atomic E-state index is 0.626. The fourth-order valence-electron chi connectivity index (χ4n) is 0.870. The lowest BCUT2D eigenvalue weighted by atomic mass is 10.2. The van der Waals surface area contributed by atoms with Crippen LogP contribution in [0.5, 0.6) is 0 Å². The summed E-state index contributed by atoms with van der Waals surface area (Å²) in [5, 5.41) is 3.85. The van der Waals surface area contributed by atoms with Crippen LogP contribution in [0.2, 0.25) is 5.02 Å². The van der Waals surface area contributed by atoms with Crippen molar-refractivity contribution in [3.63, 3.8) is 0 Å². The standard InChI is InChI=1S/C8H10ClNS/c1-6-2-3-7(9)4-8(6)10-5-11/h2-4,10-11H,5H2,1H3. The fourth-order valence-corrected chi connectivity index (χ4v) is 1.21. The van der Waals surface area contributed by atoms with E-state index in [0.29, 0.717) is 5.88 Å². The average Bonchev–Trinajstić information content (AvgIpc) is 1.98. The van der Waals surface area contributed by atoms with E-state index in [4.69, 9.17) is 11.6 Å². The van der Waals surface area contributed by atoms with Crippen LogP contribution in [0.1, 0.15) is 5.56 Å². The summed E-state index contributed by atoms with van der Waals surface area (Å²) in [6.07, 6.45) is 0. The number of benzene rings is 1. The number of aryl methyl sites for hydroxylation is 1. The zero-order valence-corrected chi connectivity index (χ0v) is 7.91. The molecule has 1 rings (SSSR count). The van der Waals surface area contributed by atoms with Crippen molar-refractivity contribution in [2.24, 2.45) is 0 Å². The maximum absolute atomic E-state index is 5.79. The van der Waals surface area contributed by atoms with E-state index in [1.54, 1.807) is 0 Å². The van der Waals surface area contributed by atoms with Gasteiger partial charge in [-0.3, -0.25) is 0 Å². The van der Waals surface area contributed by atoms with Crippen LogP contribution < -0.4 is 5.32 Å². The van der Waals surface area contributed by atoms with Crippen molar-refractivity contribution in [2.45, 2.75) is 6.92 Å². The monoisotopic (exact) mass is 187 g/mol. The largest absolute Gasteiger partial charge is 0.376 e. The molecule has 1 aromatic carbocycles. The molecule has 0 saturated carbocycles. The van der Waals surface area contributed by atoms with Gasteiger partial charge < -0.3 is 5.32 Å². The molecular weight excluding hydrogens is 178 g/mol. The van der Waals surface area contributed by atoms with Crippen molar-refractivity contribution in [2.75, 3.05) is 11.2 Å². The number of nitrogens with one attached hydrogen (secondary N) is 1. The molecule has 0 bridgehead atoms. The summed E-state index contributed by atoms with van der Waals surface area (Å²) in [5.41, 5.74) is 2.23. The van der Waals surface area contributed by atoms with Gasteiger partial charge in [-0.25, -0.2) is 0 Å². The van der Waals surface area contributed by atoms with Gasteiger partial charge in [0.1, 0.15) is 0 Å². The number of hydrogen-bond donors (Lipinski definition) is 2. The highest BCUT2D eigenvalue weighted by molar-refractivity contribution is 7.80. The van der Waals surface area contributed by atoms with Crippen molar-refractivity contribution in [3.8, 4) is 0 Å². The molecule has 0 aromatic heterocycles. The van der Waals surface area contributed by atoms with Gasteiger partial charge in [-0.15, -0.1) is 0 Å². The molecule has 1 nitrogen and oxygen atoms in total. The highest BCUT2D eigenvalue weighted by Gasteiger charge is 1.95. The summed E-state index contributed by atoms with van der Waals surface area (Å²) >= 11 is 9.85. The first-order valence-electron chi connectivity index (χ1n) is 3.35. The summed E-state index contributed by atoms with van der Waals surface area (Å²) in [6.45, 7) is 2.03. The first kappa shape index (κ1) is 8.75. The number of thiol groups is 1. The quantitative estimate of drug-likeness (QED) is 0.536. The first-order chi connectivity index (χ1) is 5.24. The number of hydrogen-bond acceptors (Lipinski definition) is 2. The van der Waals surface area contributed by atoms with E-state index in [9.17, 15) is 0 Å². The molecule has 0 aliphatic heterocycles. The lowest BCUT2D eigenvalue weighted by molar-refractivity contribution is 1.39. The van der Waals surface area contributed by atoms with Gasteiger partial charge in [-0.1, -0.05) is 17.7 Å². The number of halogens is 1. The third-order valence-electron chi connectivity index (χ3n) is 1.47. The van der Waals surface area contributed by atoms with Gasteiger partial charge in [0.2, 0.25) is 0 Å². The minimum absolute atomic E-state index is 0.626. The van der Waals surface area contributed by atoms with Gasteiger partial charge in [0.05, 0.1) is 5.88 Å². The Hall–Kier alpha value is -0.340. The van der Waals surface area contributed by atoms with Crippen LogP contribution in [-0.2, 0) is 0 Å². The molecule has 0 saturated heterocycles. The van der Waals surface area contributed by atoms with E-state index in [1.807, 2.05) is 25.1 Å². The normalized spacial score (nSPS) is 9.73. The molecule has 0 unspecified atom stereocenters. The topological polar surface area (TPSA) is 12.0 Å². The molecular formula is C8H10ClNS. The molecule has 0 fully saturated rings. The number of rotatable bonds is 2. The third-order valence-corrected chi connectivity index (χ3v) is 1.86. The Bertz CT molecular complexity index is 250. The predicted octanol–water partition coefficient (Wildman–Crippen LogP) is 2.95. The molecule has 0 aliphatic carbocycles. The average molecular weight is 188 g/mol. The Morgan fingerprint density at radius 1 is 1.55 bits per heavy atom. The van der Waals surface area contributed by atoms with E-state index in [-0.39, 0.29) is 0 Å². The molecule has 0 radical (unpaired) electrons. The second-order valence-corrected chi connectivity index (χ2v) is 3.05. The maximum atomic E-state index is 5.79. The van der Waals surface area contributed by atoms with Gasteiger partial charge in [0, 0.05) is 10.7 Å². The predicted molar refractivity (Wildman–Crippen MR) is 53.7 cm³/mol. The summed E-state index contributed by atoms with van der Waals surface area (Å²) in [7, 11) is 0. The molecule has 60 valence electrons. The summed E-state index contributed by atoms with van der Waals surface area (Å²) < 4.78 is 0. The van der Waals surface area contributed by atoms with Crippen LogP contribution in [0.4, 0.5) is 5.69 Å². The van der Waals surface area contributed by atoms with E-state index in [1.165, 1.54) is 5.56 Å². The van der Waals surface area contributed by atoms with Crippen molar-refractivity contribution >= 4 is 29.9 Å². The molecule has 0 heterocycles. The van der Waals surface area contributed by atoms with Gasteiger partial charge in [0.25, 0.3) is 0 Å². The Morgan fingerprint density at radius 3 is 2.91 bits per heavy atom. The van der Waals surface area contributed by atoms with Gasteiger partial charge >= 0.3 is 0 Å². The Labute approximate surface area is 77.2 Å². The van der Waals surface area contributed by atoms with Crippen LogP contribution in [0.15, 0.2) is 18.2 Å². The van der Waals surface area contributed by atoms with Crippen molar-refractivity contribution < 1.29 is 0 Å². The van der Waals surface area contributed by atoms with E-state index >= 15 is 0 Å². The molecule has 0 amide bonds. The van der Waals surface area contributed by atoms with Gasteiger partial charge in [-0.2, -0.15) is 12.6 Å². The van der Waals surface area contributed by atoms with Gasteiger partial charge in [-0.05, 0) is 24.6 Å². The molecule has 1 aromatic rings. The molecule has 1 N–H and O–H groups in total. The lowest BCUT2D eigenvalue weighted by Crippen LogP contribution is -1.96. The molecule has 3 heteroatoms. The summed E-state index contributed by atoms with van der Waals surface area (Å²) in [6, 6.07) is 5.75. The van der Waals surface area contributed by atoms with Crippen LogP contribution in [-0.4, -0.2) is 5.88 Å². The molecule has 0 spiro atoms. The second-order valence-electron chi connectivity index (χ2n) is 2.29. The maximum Gasteiger partial charge on any atom is 0.0581 e. The zero-order valence-electron chi connectivity index (χ0n) is 6.26. The molecule has 0 aliphatic rings. The SMILES string of the molecule is Cc1ccc(Cl)cc1NCS. The second kappa shape index (κ2) is 3.88. The molecule has 11 heavy (non-hydrogen) atoms. The Morgan fingerprint density at radius 2 is 2.27 bits per heavy atom. The van der Waals surface area contributed by atoms with Crippen molar-refractivity contribution in [1.29, 1.82) is 0 Å². The van der Waals surface area contributed by atoms with Crippen LogP contribution in [0.25, 0.3) is 0 Å².